The van der Waals surface area contributed by atoms with Crippen molar-refractivity contribution in [1.82, 2.24) is 14.7 Å². The fourth-order valence-corrected chi connectivity index (χ4v) is 5.24. The topological polar surface area (TPSA) is 56.6 Å². The van der Waals surface area contributed by atoms with Crippen molar-refractivity contribution < 1.29 is 14.3 Å². The minimum atomic E-state index is -0.0753. The third kappa shape index (κ3) is 4.59. The first-order valence-electron chi connectivity index (χ1n) is 10.8. The Hall–Kier alpha value is -2.94. The highest BCUT2D eigenvalue weighted by Crippen LogP contribution is 2.35. The Morgan fingerprint density at radius 3 is 2.70 bits per heavy atom. The highest BCUT2D eigenvalue weighted by Gasteiger charge is 2.35. The van der Waals surface area contributed by atoms with Gasteiger partial charge < -0.3 is 9.47 Å². The van der Waals surface area contributed by atoms with E-state index in [1.165, 1.54) is 11.8 Å². The van der Waals surface area contributed by atoms with Gasteiger partial charge in [0.15, 0.2) is 0 Å². The zero-order valence-electron chi connectivity index (χ0n) is 18.1. The van der Waals surface area contributed by atoms with Crippen LogP contribution in [0.3, 0.4) is 0 Å². The maximum Gasteiger partial charge on any atom is 0.266 e. The Morgan fingerprint density at radius 1 is 1.21 bits per heavy atom. The van der Waals surface area contributed by atoms with Gasteiger partial charge in [0.05, 0.1) is 36.0 Å². The highest BCUT2D eigenvalue weighted by atomic mass is 32.2. The van der Waals surface area contributed by atoms with E-state index in [9.17, 15) is 4.79 Å². The first-order chi connectivity index (χ1) is 16.1. The number of hydrogen-bond donors (Lipinski definition) is 0. The Labute approximate surface area is 202 Å². The molecule has 0 bridgehead atoms. The predicted octanol–water partition coefficient (Wildman–Crippen LogP) is 4.93. The number of para-hydroxylation sites is 1. The van der Waals surface area contributed by atoms with E-state index in [0.717, 1.165) is 47.7 Å². The van der Waals surface area contributed by atoms with Crippen LogP contribution in [-0.4, -0.2) is 51.3 Å². The van der Waals surface area contributed by atoms with Gasteiger partial charge >= 0.3 is 0 Å². The standard InChI is InChI=1S/C25H23N3O3S2/c1-30-20-11-9-17(10-12-20)23-18(15-28(26-23)19-6-3-2-4-7-19)14-22-24(29)27(25(32)33-22)16-21-8-5-13-31-21/h2-4,6-7,9-12,14-15,21H,5,8,13,16H2,1H3/b22-14+/t21-/m1/s1. The number of hydrogen-bond acceptors (Lipinski definition) is 6. The van der Waals surface area contributed by atoms with Gasteiger partial charge in [0.2, 0.25) is 0 Å². The SMILES string of the molecule is COc1ccc(-c2nn(-c3ccccc3)cc2/C=C2/SC(=S)N(C[C@H]3CCCO3)C2=O)cc1. The first-order valence-corrected chi connectivity index (χ1v) is 12.0. The Bertz CT molecular complexity index is 1200. The highest BCUT2D eigenvalue weighted by molar-refractivity contribution is 8.26. The molecule has 2 fully saturated rings. The maximum absolute atomic E-state index is 13.2. The van der Waals surface area contributed by atoms with Crippen molar-refractivity contribution in [3.8, 4) is 22.7 Å². The summed E-state index contributed by atoms with van der Waals surface area (Å²) in [6.45, 7) is 1.26. The molecular formula is C25H23N3O3S2. The number of rotatable bonds is 6. The molecule has 6 nitrogen and oxygen atoms in total. The molecule has 1 amide bonds. The summed E-state index contributed by atoms with van der Waals surface area (Å²) >= 11 is 6.85. The van der Waals surface area contributed by atoms with E-state index < -0.39 is 0 Å². The molecule has 3 heterocycles. The van der Waals surface area contributed by atoms with Crippen LogP contribution >= 0.6 is 24.0 Å². The number of carbonyl (C=O) groups is 1. The number of benzene rings is 2. The maximum atomic E-state index is 13.2. The summed E-state index contributed by atoms with van der Waals surface area (Å²) in [7, 11) is 1.64. The Balaban J connectivity index is 1.50. The van der Waals surface area contributed by atoms with Crippen LogP contribution in [0.5, 0.6) is 5.75 Å². The van der Waals surface area contributed by atoms with E-state index >= 15 is 0 Å². The monoisotopic (exact) mass is 477 g/mol. The summed E-state index contributed by atoms with van der Waals surface area (Å²) in [5, 5.41) is 4.84. The lowest BCUT2D eigenvalue weighted by atomic mass is 10.1. The minimum absolute atomic E-state index is 0.0579. The molecule has 5 rings (SSSR count). The number of amides is 1. The van der Waals surface area contributed by atoms with Crippen LogP contribution in [0.1, 0.15) is 18.4 Å². The van der Waals surface area contributed by atoms with Gasteiger partial charge in [-0.15, -0.1) is 0 Å². The molecule has 33 heavy (non-hydrogen) atoms. The predicted molar refractivity (Wildman–Crippen MR) is 134 cm³/mol. The molecule has 0 spiro atoms. The Kier molecular flexibility index (Phi) is 6.30. The van der Waals surface area contributed by atoms with Crippen molar-refractivity contribution in [2.24, 2.45) is 0 Å². The van der Waals surface area contributed by atoms with E-state index in [2.05, 4.69) is 0 Å². The zero-order valence-corrected chi connectivity index (χ0v) is 19.8. The van der Waals surface area contributed by atoms with E-state index in [1.807, 2.05) is 71.6 Å². The Morgan fingerprint density at radius 2 is 2.00 bits per heavy atom. The number of aromatic nitrogens is 2. The molecule has 2 aliphatic rings. The fourth-order valence-electron chi connectivity index (χ4n) is 3.97. The van der Waals surface area contributed by atoms with Gasteiger partial charge in [-0.2, -0.15) is 5.10 Å². The number of thioether (sulfide) groups is 1. The smallest absolute Gasteiger partial charge is 0.266 e. The summed E-state index contributed by atoms with van der Waals surface area (Å²) in [6, 6.07) is 17.7. The van der Waals surface area contributed by atoms with Gasteiger partial charge in [-0.05, 0) is 55.3 Å². The molecule has 168 valence electrons. The van der Waals surface area contributed by atoms with Crippen molar-refractivity contribution in [2.45, 2.75) is 18.9 Å². The second-order valence-corrected chi connectivity index (χ2v) is 9.54. The summed E-state index contributed by atoms with van der Waals surface area (Å²) in [6.07, 6.45) is 5.88. The van der Waals surface area contributed by atoms with Crippen LogP contribution in [0.4, 0.5) is 0 Å². The number of ether oxygens (including phenoxy) is 2. The van der Waals surface area contributed by atoms with Gasteiger partial charge in [-0.25, -0.2) is 4.68 Å². The molecule has 3 aromatic rings. The fraction of sp³-hybridized carbons (Fsp3) is 0.240. The van der Waals surface area contributed by atoms with Crippen molar-refractivity contribution >= 4 is 40.3 Å². The summed E-state index contributed by atoms with van der Waals surface area (Å²) < 4.78 is 13.4. The van der Waals surface area contributed by atoms with Crippen LogP contribution in [0.2, 0.25) is 0 Å². The lowest BCUT2D eigenvalue weighted by Gasteiger charge is -2.18. The van der Waals surface area contributed by atoms with E-state index in [4.69, 9.17) is 26.8 Å². The van der Waals surface area contributed by atoms with Gasteiger partial charge in [-0.1, -0.05) is 42.2 Å². The number of carbonyl (C=O) groups excluding carboxylic acids is 1. The molecule has 0 unspecified atom stereocenters. The van der Waals surface area contributed by atoms with E-state index in [0.29, 0.717) is 15.8 Å². The van der Waals surface area contributed by atoms with Gasteiger partial charge in [0.1, 0.15) is 10.1 Å². The number of nitrogens with zero attached hydrogens (tertiary/aromatic N) is 3. The van der Waals surface area contributed by atoms with E-state index in [-0.39, 0.29) is 12.0 Å². The van der Waals surface area contributed by atoms with E-state index in [1.54, 1.807) is 12.0 Å². The lowest BCUT2D eigenvalue weighted by Crippen LogP contribution is -2.35. The molecule has 2 aromatic carbocycles. The number of thiocarbonyl (C=S) groups is 1. The number of methoxy groups -OCH3 is 1. The summed E-state index contributed by atoms with van der Waals surface area (Å²) in [5.74, 6) is 0.700. The molecule has 2 aliphatic heterocycles. The third-order valence-electron chi connectivity index (χ3n) is 5.70. The molecule has 8 heteroatoms. The van der Waals surface area contributed by atoms with Crippen LogP contribution < -0.4 is 4.74 Å². The van der Waals surface area contributed by atoms with Crippen LogP contribution in [0.25, 0.3) is 23.0 Å². The molecule has 1 aromatic heterocycles. The largest absolute Gasteiger partial charge is 0.497 e. The molecule has 0 aliphatic carbocycles. The van der Waals surface area contributed by atoms with Crippen molar-refractivity contribution in [2.75, 3.05) is 20.3 Å². The van der Waals surface area contributed by atoms with Gasteiger partial charge in [0.25, 0.3) is 5.91 Å². The molecule has 0 radical (unpaired) electrons. The van der Waals surface area contributed by atoms with Crippen LogP contribution in [0.15, 0.2) is 65.7 Å². The molecule has 2 saturated heterocycles. The van der Waals surface area contributed by atoms with Crippen molar-refractivity contribution in [3.05, 3.63) is 71.3 Å². The lowest BCUT2D eigenvalue weighted by molar-refractivity contribution is -0.123. The second kappa shape index (κ2) is 9.51. The van der Waals surface area contributed by atoms with Crippen LogP contribution in [0, 0.1) is 0 Å². The summed E-state index contributed by atoms with van der Waals surface area (Å²) in [5.41, 5.74) is 3.51. The molecule has 0 N–H and O–H groups in total. The molecule has 0 saturated carbocycles. The minimum Gasteiger partial charge on any atom is -0.497 e. The average Bonchev–Trinajstić information content (AvgIpc) is 3.57. The third-order valence-corrected chi connectivity index (χ3v) is 7.07. The van der Waals surface area contributed by atoms with Crippen molar-refractivity contribution in [1.29, 1.82) is 0 Å². The quantitative estimate of drug-likeness (QED) is 0.371. The van der Waals surface area contributed by atoms with Crippen LogP contribution in [-0.2, 0) is 9.53 Å². The second-order valence-electron chi connectivity index (χ2n) is 7.87. The van der Waals surface area contributed by atoms with Crippen molar-refractivity contribution in [3.63, 3.8) is 0 Å². The molecule has 1 atom stereocenters. The summed E-state index contributed by atoms with van der Waals surface area (Å²) in [4.78, 5) is 15.4. The van der Waals surface area contributed by atoms with Gasteiger partial charge in [0, 0.05) is 23.9 Å². The first kappa shape index (κ1) is 21.9. The van der Waals surface area contributed by atoms with Gasteiger partial charge in [-0.3, -0.25) is 9.69 Å². The normalized spacial score (nSPS) is 19.6. The average molecular weight is 478 g/mol. The zero-order chi connectivity index (χ0) is 22.8. The molecular weight excluding hydrogens is 454 g/mol.